The van der Waals surface area contributed by atoms with Crippen LogP contribution in [0.1, 0.15) is 34.1 Å². The molecule has 0 N–H and O–H groups in total. The molecule has 0 aliphatic heterocycles. The number of benzene rings is 2. The van der Waals surface area contributed by atoms with Crippen LogP contribution in [0.4, 0.5) is 5.82 Å². The Kier molecular flexibility index (Phi) is 5.96. The lowest BCUT2D eigenvalue weighted by atomic mass is 10.1. The van der Waals surface area contributed by atoms with E-state index < -0.39 is 0 Å². The van der Waals surface area contributed by atoms with Gasteiger partial charge in [0.05, 0.1) is 5.69 Å². The van der Waals surface area contributed by atoms with Gasteiger partial charge in [-0.05, 0) is 55.3 Å². The van der Waals surface area contributed by atoms with Crippen molar-refractivity contribution < 1.29 is 9.53 Å². The Hall–Kier alpha value is -3.31. The summed E-state index contributed by atoms with van der Waals surface area (Å²) in [5.41, 5.74) is 4.24. The van der Waals surface area contributed by atoms with E-state index in [0.717, 1.165) is 22.6 Å². The number of hydrogen-bond acceptors (Lipinski definition) is 3. The van der Waals surface area contributed by atoms with Crippen molar-refractivity contribution in [2.24, 2.45) is 0 Å². The maximum atomic E-state index is 13.1. The molecule has 4 aromatic rings. The van der Waals surface area contributed by atoms with Crippen LogP contribution in [0.25, 0.3) is 5.65 Å². The quantitative estimate of drug-likeness (QED) is 0.391. The lowest BCUT2D eigenvalue weighted by molar-refractivity contribution is 0.0992. The number of nitrogens with zero attached hydrogens (tertiary/aromatic N) is 3. The maximum Gasteiger partial charge on any atom is 0.259 e. The van der Waals surface area contributed by atoms with Gasteiger partial charge in [0.15, 0.2) is 11.4 Å². The molecule has 2 aromatic carbocycles. The van der Waals surface area contributed by atoms with Crippen LogP contribution in [-0.4, -0.2) is 22.3 Å². The summed E-state index contributed by atoms with van der Waals surface area (Å²) in [6.45, 7) is 4.41. The van der Waals surface area contributed by atoms with Crippen molar-refractivity contribution in [2.45, 2.75) is 26.9 Å². The molecule has 0 radical (unpaired) electrons. The number of amides is 1. The van der Waals surface area contributed by atoms with E-state index in [1.54, 1.807) is 11.9 Å². The zero-order valence-electron chi connectivity index (χ0n) is 17.8. The molecule has 2 heterocycles. The highest BCUT2D eigenvalue weighted by atomic mass is 35.5. The van der Waals surface area contributed by atoms with E-state index in [9.17, 15) is 4.79 Å². The second-order valence-electron chi connectivity index (χ2n) is 7.45. The van der Waals surface area contributed by atoms with Crippen LogP contribution < -0.4 is 9.64 Å². The van der Waals surface area contributed by atoms with Crippen molar-refractivity contribution in [3.63, 3.8) is 0 Å². The summed E-state index contributed by atoms with van der Waals surface area (Å²) < 4.78 is 7.98. The van der Waals surface area contributed by atoms with Crippen LogP contribution in [0.15, 0.2) is 66.9 Å². The number of pyridine rings is 1. The number of imidazole rings is 1. The van der Waals surface area contributed by atoms with Crippen molar-refractivity contribution in [3.8, 4) is 5.75 Å². The summed E-state index contributed by atoms with van der Waals surface area (Å²) in [5.74, 6) is 1.32. The Bertz CT molecular complexity index is 1230. The predicted octanol–water partition coefficient (Wildman–Crippen LogP) is 5.71. The molecule has 0 aliphatic carbocycles. The van der Waals surface area contributed by atoms with Gasteiger partial charge < -0.3 is 4.74 Å². The fourth-order valence-electron chi connectivity index (χ4n) is 3.56. The minimum absolute atomic E-state index is 0.0817. The molecule has 0 saturated heterocycles. The molecular formula is C25H24ClN3O2. The topological polar surface area (TPSA) is 46.8 Å². The van der Waals surface area contributed by atoms with Crippen LogP contribution >= 0.6 is 11.6 Å². The highest BCUT2D eigenvalue weighted by Crippen LogP contribution is 2.29. The number of halogens is 1. The number of anilines is 1. The summed E-state index contributed by atoms with van der Waals surface area (Å²) >= 11 is 6.08. The van der Waals surface area contributed by atoms with Gasteiger partial charge in [0.1, 0.15) is 12.4 Å². The number of ether oxygens (including phenoxy) is 1. The van der Waals surface area contributed by atoms with Crippen molar-refractivity contribution in [1.29, 1.82) is 0 Å². The van der Waals surface area contributed by atoms with Crippen LogP contribution in [0, 0.1) is 6.92 Å². The second kappa shape index (κ2) is 8.82. The number of aryl methyl sites for hydroxylation is 2. The third-order valence-electron chi connectivity index (χ3n) is 5.20. The van der Waals surface area contributed by atoms with Gasteiger partial charge in [0.25, 0.3) is 5.91 Å². The Morgan fingerprint density at radius 1 is 1.13 bits per heavy atom. The Morgan fingerprint density at radius 3 is 2.61 bits per heavy atom. The number of rotatable bonds is 6. The first-order valence-corrected chi connectivity index (χ1v) is 10.6. The summed E-state index contributed by atoms with van der Waals surface area (Å²) in [6, 6.07) is 18.9. The molecule has 2 aromatic heterocycles. The van der Waals surface area contributed by atoms with E-state index in [-0.39, 0.29) is 5.91 Å². The molecule has 1 amide bonds. The van der Waals surface area contributed by atoms with Gasteiger partial charge in [0, 0.05) is 23.8 Å². The van der Waals surface area contributed by atoms with E-state index in [1.165, 1.54) is 0 Å². The van der Waals surface area contributed by atoms with Crippen molar-refractivity contribution in [1.82, 2.24) is 9.38 Å². The van der Waals surface area contributed by atoms with Gasteiger partial charge in [-0.3, -0.25) is 14.1 Å². The fraction of sp³-hybridized carbons (Fsp3) is 0.200. The molecule has 31 heavy (non-hydrogen) atoms. The van der Waals surface area contributed by atoms with Crippen molar-refractivity contribution in [2.75, 3.05) is 11.9 Å². The minimum Gasteiger partial charge on any atom is -0.485 e. The molecule has 0 spiro atoms. The van der Waals surface area contributed by atoms with Gasteiger partial charge in [-0.1, -0.05) is 48.4 Å². The average Bonchev–Trinajstić information content (AvgIpc) is 3.16. The van der Waals surface area contributed by atoms with Gasteiger partial charge in [-0.15, -0.1) is 0 Å². The van der Waals surface area contributed by atoms with Crippen LogP contribution in [0.5, 0.6) is 5.75 Å². The number of carbonyl (C=O) groups is 1. The predicted molar refractivity (Wildman–Crippen MR) is 124 cm³/mol. The van der Waals surface area contributed by atoms with E-state index in [2.05, 4.69) is 0 Å². The number of aromatic nitrogens is 2. The molecule has 0 saturated carbocycles. The third-order valence-corrected chi connectivity index (χ3v) is 5.43. The Morgan fingerprint density at radius 2 is 1.90 bits per heavy atom. The fourth-order valence-corrected chi connectivity index (χ4v) is 3.77. The third kappa shape index (κ3) is 4.28. The van der Waals surface area contributed by atoms with Crippen molar-refractivity contribution in [3.05, 3.63) is 94.3 Å². The van der Waals surface area contributed by atoms with Gasteiger partial charge in [-0.25, -0.2) is 4.98 Å². The second-order valence-corrected chi connectivity index (χ2v) is 7.89. The molecule has 0 aliphatic rings. The van der Waals surface area contributed by atoms with E-state index >= 15 is 0 Å². The van der Waals surface area contributed by atoms with Crippen LogP contribution in [0.2, 0.25) is 5.02 Å². The zero-order valence-corrected chi connectivity index (χ0v) is 18.6. The summed E-state index contributed by atoms with van der Waals surface area (Å²) in [7, 11) is 1.78. The maximum absolute atomic E-state index is 13.1. The highest BCUT2D eigenvalue weighted by Gasteiger charge is 2.22. The van der Waals surface area contributed by atoms with E-state index in [4.69, 9.17) is 21.3 Å². The number of carbonyl (C=O) groups excluding carboxylic acids is 1. The van der Waals surface area contributed by atoms with Gasteiger partial charge in [0.2, 0.25) is 0 Å². The van der Waals surface area contributed by atoms with E-state index in [0.29, 0.717) is 35.0 Å². The van der Waals surface area contributed by atoms with Crippen molar-refractivity contribution >= 4 is 29.0 Å². The van der Waals surface area contributed by atoms with Crippen LogP contribution in [0.3, 0.4) is 0 Å². The number of hydrogen-bond donors (Lipinski definition) is 0. The van der Waals surface area contributed by atoms with Crippen LogP contribution in [-0.2, 0) is 13.0 Å². The highest BCUT2D eigenvalue weighted by molar-refractivity contribution is 6.30. The lowest BCUT2D eigenvalue weighted by Crippen LogP contribution is -2.28. The molecule has 5 nitrogen and oxygen atoms in total. The summed E-state index contributed by atoms with van der Waals surface area (Å²) in [4.78, 5) is 19.6. The van der Waals surface area contributed by atoms with Gasteiger partial charge in [-0.2, -0.15) is 0 Å². The molecule has 0 atom stereocenters. The number of fused-ring (bicyclic) bond motifs is 1. The monoisotopic (exact) mass is 433 g/mol. The molecule has 6 heteroatoms. The largest absolute Gasteiger partial charge is 0.485 e. The Labute approximate surface area is 186 Å². The summed E-state index contributed by atoms with van der Waals surface area (Å²) in [5, 5.41) is 0.673. The molecule has 158 valence electrons. The standard InChI is InChI=1S/C25H24ClN3O2/c1-4-21-24(28(3)25(30)19-12-10-17(2)11-13-19)29-14-6-9-22(23(29)27-21)31-16-18-7-5-8-20(26)15-18/h5-15H,4,16H2,1-3H3. The average molecular weight is 434 g/mol. The minimum atomic E-state index is -0.0817. The molecule has 4 rings (SSSR count). The normalized spacial score (nSPS) is 11.0. The lowest BCUT2D eigenvalue weighted by Gasteiger charge is -2.18. The van der Waals surface area contributed by atoms with E-state index in [1.807, 2.05) is 85.1 Å². The zero-order chi connectivity index (χ0) is 22.0. The first-order valence-electron chi connectivity index (χ1n) is 10.2. The Balaban J connectivity index is 1.68. The SMILES string of the molecule is CCc1nc2c(OCc3cccc(Cl)c3)cccn2c1N(C)C(=O)c1ccc(C)cc1. The molecule has 0 bridgehead atoms. The summed E-state index contributed by atoms with van der Waals surface area (Å²) in [6.07, 6.45) is 2.60. The molecule has 0 fully saturated rings. The molecular weight excluding hydrogens is 410 g/mol. The van der Waals surface area contributed by atoms with Gasteiger partial charge >= 0.3 is 0 Å². The first-order chi connectivity index (χ1) is 15.0. The smallest absolute Gasteiger partial charge is 0.259 e. The first kappa shape index (κ1) is 20.9. The molecule has 0 unspecified atom stereocenters.